The van der Waals surface area contributed by atoms with Crippen molar-refractivity contribution in [1.29, 1.82) is 0 Å². The van der Waals surface area contributed by atoms with E-state index in [1.54, 1.807) is 0 Å². The summed E-state index contributed by atoms with van der Waals surface area (Å²) in [7, 11) is 2.00. The van der Waals surface area contributed by atoms with Gasteiger partial charge in [-0.15, -0.1) is 0 Å². The normalized spacial score (nSPS) is 11.7. The first kappa shape index (κ1) is 6.44. The molecule has 0 spiro atoms. The van der Waals surface area contributed by atoms with Gasteiger partial charge in [0.05, 0.1) is 13.2 Å². The Labute approximate surface area is 44.7 Å². The molecule has 0 rings (SSSR count). The van der Waals surface area contributed by atoms with Crippen LogP contribution in [0, 0.1) is 0 Å². The Morgan fingerprint density at radius 2 is 2.00 bits per heavy atom. The lowest BCUT2D eigenvalue weighted by Gasteiger charge is -1.71. The maximum Gasteiger partial charge on any atom is 0.0923 e. The molecule has 0 bridgehead atoms. The lowest BCUT2D eigenvalue weighted by molar-refractivity contribution is -0.556. The molecule has 7 heavy (non-hydrogen) atoms. The van der Waals surface area contributed by atoms with Gasteiger partial charge in [-0.3, -0.25) is 0 Å². The number of hydrogen-bond acceptors (Lipinski definition) is 0. The smallest absolute Gasteiger partial charge is 0.0923 e. The van der Waals surface area contributed by atoms with Gasteiger partial charge in [-0.05, 0) is 13.0 Å². The fraction of sp³-hybridized carbons (Fsp3) is 0.333. The molecule has 0 unspecified atom stereocenters. The standard InChI is InChI=1S/C6H11N/c1-3-4-5-6-7-2/h3-7H,1-2H3/p+1/b4-3-,6-5-. The van der Waals surface area contributed by atoms with Gasteiger partial charge in [0.1, 0.15) is 0 Å². The Hall–Kier alpha value is -0.560. The van der Waals surface area contributed by atoms with Gasteiger partial charge in [-0.1, -0.05) is 12.2 Å². The summed E-state index contributed by atoms with van der Waals surface area (Å²) < 4.78 is 0. The van der Waals surface area contributed by atoms with E-state index in [0.717, 1.165) is 0 Å². The molecule has 0 aliphatic carbocycles. The third-order valence-electron chi connectivity index (χ3n) is 0.607. The van der Waals surface area contributed by atoms with E-state index >= 15 is 0 Å². The molecule has 0 fully saturated rings. The molecule has 0 aliphatic rings. The van der Waals surface area contributed by atoms with E-state index in [-0.39, 0.29) is 0 Å². The van der Waals surface area contributed by atoms with Crippen LogP contribution in [0.15, 0.2) is 24.4 Å². The van der Waals surface area contributed by atoms with Crippen molar-refractivity contribution in [3.8, 4) is 0 Å². The molecule has 0 amide bonds. The molecule has 0 aromatic heterocycles. The third kappa shape index (κ3) is 5.44. The van der Waals surface area contributed by atoms with E-state index in [1.165, 1.54) is 0 Å². The molecule has 40 valence electrons. The minimum atomic E-state index is 2.00. The van der Waals surface area contributed by atoms with Crippen LogP contribution in [-0.2, 0) is 0 Å². The average Bonchev–Trinajstić information content (AvgIpc) is 1.69. The van der Waals surface area contributed by atoms with Crippen molar-refractivity contribution >= 4 is 0 Å². The lowest BCUT2D eigenvalue weighted by atomic mass is 10.5. The minimum Gasteiger partial charge on any atom is -0.322 e. The van der Waals surface area contributed by atoms with Crippen LogP contribution in [0.5, 0.6) is 0 Å². The highest BCUT2D eigenvalue weighted by Crippen LogP contribution is 1.67. The Balaban J connectivity index is 3.09. The molecular formula is C6H12N+. The molecule has 1 nitrogen and oxygen atoms in total. The van der Waals surface area contributed by atoms with E-state index in [2.05, 4.69) is 0 Å². The van der Waals surface area contributed by atoms with Crippen molar-refractivity contribution in [2.45, 2.75) is 6.92 Å². The average molecular weight is 98.2 g/mol. The van der Waals surface area contributed by atoms with Gasteiger partial charge < -0.3 is 5.32 Å². The number of allylic oxidation sites excluding steroid dienone is 3. The maximum atomic E-state index is 2.00. The van der Waals surface area contributed by atoms with Crippen molar-refractivity contribution in [3.63, 3.8) is 0 Å². The maximum absolute atomic E-state index is 2.00. The first-order valence-corrected chi connectivity index (χ1v) is 2.49. The number of nitrogens with two attached hydrogens (primary N) is 1. The molecule has 2 N–H and O–H groups in total. The fourth-order valence-corrected chi connectivity index (χ4v) is 0.286. The largest absolute Gasteiger partial charge is 0.322 e. The first-order chi connectivity index (χ1) is 3.41. The second kappa shape index (κ2) is 5.44. The van der Waals surface area contributed by atoms with Gasteiger partial charge >= 0.3 is 0 Å². The van der Waals surface area contributed by atoms with Gasteiger partial charge in [0, 0.05) is 0 Å². The van der Waals surface area contributed by atoms with Gasteiger partial charge in [0.15, 0.2) is 0 Å². The number of hydrogen-bond donors (Lipinski definition) is 1. The van der Waals surface area contributed by atoms with Gasteiger partial charge in [0.25, 0.3) is 0 Å². The van der Waals surface area contributed by atoms with E-state index in [0.29, 0.717) is 0 Å². The van der Waals surface area contributed by atoms with E-state index in [9.17, 15) is 0 Å². The van der Waals surface area contributed by atoms with Crippen LogP contribution in [0.25, 0.3) is 0 Å². The summed E-state index contributed by atoms with van der Waals surface area (Å²) >= 11 is 0. The molecule has 0 radical (unpaired) electrons. The fourth-order valence-electron chi connectivity index (χ4n) is 0.286. The lowest BCUT2D eigenvalue weighted by Crippen LogP contribution is -2.72. The Kier molecular flexibility index (Phi) is 5.00. The van der Waals surface area contributed by atoms with Crippen molar-refractivity contribution in [2.75, 3.05) is 7.05 Å². The second-order valence-corrected chi connectivity index (χ2v) is 1.24. The zero-order chi connectivity index (χ0) is 5.54. The Morgan fingerprint density at radius 1 is 1.29 bits per heavy atom. The SMILES string of the molecule is C/C=C\C=C/[NH2+]C. The van der Waals surface area contributed by atoms with Crippen molar-refractivity contribution in [2.24, 2.45) is 0 Å². The minimum absolute atomic E-state index is 2.00. The molecule has 0 aliphatic heterocycles. The zero-order valence-electron chi connectivity index (χ0n) is 4.89. The van der Waals surface area contributed by atoms with Gasteiger partial charge in [-0.2, -0.15) is 0 Å². The molecule has 0 aromatic rings. The predicted octanol–water partition coefficient (Wildman–Crippen LogP) is 0.269. The molecule has 0 heterocycles. The van der Waals surface area contributed by atoms with Crippen LogP contribution in [0.1, 0.15) is 6.92 Å². The summed E-state index contributed by atoms with van der Waals surface area (Å²) in [6, 6.07) is 0. The highest BCUT2D eigenvalue weighted by Gasteiger charge is 1.58. The summed E-state index contributed by atoms with van der Waals surface area (Å²) in [5, 5.41) is 2.00. The number of rotatable bonds is 2. The highest BCUT2D eigenvalue weighted by molar-refractivity contribution is 4.96. The monoisotopic (exact) mass is 98.1 g/mol. The molecule has 1 heteroatoms. The quantitative estimate of drug-likeness (QED) is 0.477. The molecule has 0 aromatic carbocycles. The van der Waals surface area contributed by atoms with E-state index < -0.39 is 0 Å². The Morgan fingerprint density at radius 3 is 2.43 bits per heavy atom. The van der Waals surface area contributed by atoms with Crippen LogP contribution in [0.4, 0.5) is 0 Å². The van der Waals surface area contributed by atoms with Crippen molar-refractivity contribution in [1.82, 2.24) is 0 Å². The second-order valence-electron chi connectivity index (χ2n) is 1.24. The highest BCUT2D eigenvalue weighted by atomic mass is 14.8. The van der Waals surface area contributed by atoms with Crippen LogP contribution in [-0.4, -0.2) is 7.05 Å². The molecule has 0 saturated carbocycles. The summed E-state index contributed by atoms with van der Waals surface area (Å²) in [4.78, 5) is 0. The van der Waals surface area contributed by atoms with Crippen LogP contribution >= 0.6 is 0 Å². The summed E-state index contributed by atoms with van der Waals surface area (Å²) in [6.07, 6.45) is 8.00. The van der Waals surface area contributed by atoms with Crippen LogP contribution in [0.2, 0.25) is 0 Å². The number of quaternary nitrogens is 1. The molecule has 0 saturated heterocycles. The Bertz CT molecular complexity index is 72.2. The van der Waals surface area contributed by atoms with E-state index in [4.69, 9.17) is 0 Å². The van der Waals surface area contributed by atoms with Crippen LogP contribution in [0.3, 0.4) is 0 Å². The van der Waals surface area contributed by atoms with Gasteiger partial charge in [0.2, 0.25) is 0 Å². The molecular weight excluding hydrogens is 86.1 g/mol. The summed E-state index contributed by atoms with van der Waals surface area (Å²) in [6.45, 7) is 2.00. The summed E-state index contributed by atoms with van der Waals surface area (Å²) in [5.74, 6) is 0. The predicted molar refractivity (Wildman–Crippen MR) is 31.8 cm³/mol. The third-order valence-corrected chi connectivity index (χ3v) is 0.607. The first-order valence-electron chi connectivity index (χ1n) is 2.49. The zero-order valence-corrected chi connectivity index (χ0v) is 4.89. The van der Waals surface area contributed by atoms with Crippen molar-refractivity contribution < 1.29 is 5.32 Å². The summed E-state index contributed by atoms with van der Waals surface area (Å²) in [5.41, 5.74) is 0. The van der Waals surface area contributed by atoms with Gasteiger partial charge in [-0.25, -0.2) is 0 Å². The molecule has 0 atom stereocenters. The van der Waals surface area contributed by atoms with Crippen LogP contribution < -0.4 is 5.32 Å². The van der Waals surface area contributed by atoms with E-state index in [1.807, 2.05) is 43.7 Å². The van der Waals surface area contributed by atoms with Crippen molar-refractivity contribution in [3.05, 3.63) is 24.4 Å². The topological polar surface area (TPSA) is 16.6 Å².